The molecule has 4 nitrogen and oxygen atoms in total. The first-order chi connectivity index (χ1) is 9.65. The van der Waals surface area contributed by atoms with Gasteiger partial charge in [0.1, 0.15) is 0 Å². The number of hydrogen-bond acceptors (Lipinski definition) is 3. The zero-order valence-corrected chi connectivity index (χ0v) is 11.4. The van der Waals surface area contributed by atoms with Gasteiger partial charge in [-0.15, -0.1) is 0 Å². The molecule has 0 bridgehead atoms. The number of thiocarbonyl (C=S) groups is 1. The number of anilines is 1. The first-order valence-corrected chi connectivity index (χ1v) is 6.46. The van der Waals surface area contributed by atoms with E-state index >= 15 is 0 Å². The molecule has 0 saturated heterocycles. The van der Waals surface area contributed by atoms with Crippen LogP contribution in [0, 0.1) is 0 Å². The van der Waals surface area contributed by atoms with Gasteiger partial charge in [-0.3, -0.25) is 0 Å². The van der Waals surface area contributed by atoms with Crippen LogP contribution in [0.5, 0.6) is 0 Å². The second-order valence-corrected chi connectivity index (χ2v) is 4.57. The van der Waals surface area contributed by atoms with E-state index in [2.05, 4.69) is 10.6 Å². The first-order valence-electron chi connectivity index (χ1n) is 6.05. The summed E-state index contributed by atoms with van der Waals surface area (Å²) in [5, 5.41) is 17.2. The third-order valence-electron chi connectivity index (χ3n) is 2.67. The molecule has 102 valence electrons. The van der Waals surface area contributed by atoms with Gasteiger partial charge in [-0.2, -0.15) is 0 Å². The van der Waals surface area contributed by atoms with Gasteiger partial charge in [0.05, 0.1) is 5.97 Å². The highest BCUT2D eigenvalue weighted by Crippen LogP contribution is 2.06. The highest BCUT2D eigenvalue weighted by atomic mass is 32.1. The number of carboxylic acids is 1. The fraction of sp³-hybridized carbons (Fsp3) is 0.0667. The number of para-hydroxylation sites is 1. The zero-order valence-electron chi connectivity index (χ0n) is 10.6. The summed E-state index contributed by atoms with van der Waals surface area (Å²) in [6, 6.07) is 16.1. The highest BCUT2D eigenvalue weighted by Gasteiger charge is 1.98. The van der Waals surface area contributed by atoms with E-state index in [-0.39, 0.29) is 5.56 Å². The molecule has 2 aromatic carbocycles. The van der Waals surface area contributed by atoms with Crippen LogP contribution in [0.25, 0.3) is 0 Å². The molecule has 0 heterocycles. The lowest BCUT2D eigenvalue weighted by molar-refractivity contribution is -0.255. The third-order valence-corrected chi connectivity index (χ3v) is 2.92. The number of aromatic carboxylic acids is 1. The maximum atomic E-state index is 10.6. The summed E-state index contributed by atoms with van der Waals surface area (Å²) in [5.41, 5.74) is 2.02. The lowest BCUT2D eigenvalue weighted by atomic mass is 10.1. The summed E-state index contributed by atoms with van der Waals surface area (Å²) in [6.07, 6.45) is 0. The Morgan fingerprint density at radius 3 is 2.30 bits per heavy atom. The molecule has 0 aliphatic rings. The molecule has 0 spiro atoms. The Balaban J connectivity index is 1.85. The van der Waals surface area contributed by atoms with E-state index in [1.54, 1.807) is 12.1 Å². The Hall–Kier alpha value is -2.40. The smallest absolute Gasteiger partial charge is 0.171 e. The lowest BCUT2D eigenvalue weighted by Gasteiger charge is -2.11. The number of rotatable bonds is 4. The number of carbonyl (C=O) groups is 1. The van der Waals surface area contributed by atoms with Crippen LogP contribution in [0.1, 0.15) is 15.9 Å². The lowest BCUT2D eigenvalue weighted by Crippen LogP contribution is -2.28. The van der Waals surface area contributed by atoms with E-state index in [1.807, 2.05) is 30.3 Å². The van der Waals surface area contributed by atoms with Gasteiger partial charge in [0, 0.05) is 12.2 Å². The van der Waals surface area contributed by atoms with Crippen LogP contribution < -0.4 is 15.7 Å². The van der Waals surface area contributed by atoms with E-state index in [1.165, 1.54) is 12.1 Å². The van der Waals surface area contributed by atoms with Gasteiger partial charge in [0.2, 0.25) is 0 Å². The van der Waals surface area contributed by atoms with E-state index in [4.69, 9.17) is 12.2 Å². The van der Waals surface area contributed by atoms with Crippen LogP contribution in [0.4, 0.5) is 5.69 Å². The molecular weight excluding hydrogens is 272 g/mol. The van der Waals surface area contributed by atoms with Crippen LogP contribution >= 0.6 is 12.2 Å². The number of carboxylic acid groups (broad SMARTS) is 1. The van der Waals surface area contributed by atoms with Crippen LogP contribution in [0.15, 0.2) is 54.6 Å². The molecule has 20 heavy (non-hydrogen) atoms. The van der Waals surface area contributed by atoms with Gasteiger partial charge >= 0.3 is 0 Å². The number of nitrogens with one attached hydrogen (secondary N) is 2. The Labute approximate surface area is 122 Å². The molecular formula is C15H13N2O2S-. The van der Waals surface area contributed by atoms with Gasteiger partial charge in [0.25, 0.3) is 0 Å². The van der Waals surface area contributed by atoms with Crippen LogP contribution in [0.2, 0.25) is 0 Å². The molecule has 0 fully saturated rings. The van der Waals surface area contributed by atoms with E-state index < -0.39 is 5.97 Å². The largest absolute Gasteiger partial charge is 0.545 e. The Kier molecular flexibility index (Phi) is 4.68. The molecule has 0 saturated carbocycles. The minimum atomic E-state index is -1.18. The van der Waals surface area contributed by atoms with Crippen molar-refractivity contribution >= 4 is 29.0 Å². The molecule has 5 heteroatoms. The summed E-state index contributed by atoms with van der Waals surface area (Å²) in [6.45, 7) is 0.520. The molecule has 0 aliphatic carbocycles. The topological polar surface area (TPSA) is 64.2 Å². The van der Waals surface area contributed by atoms with Crippen molar-refractivity contribution in [2.24, 2.45) is 0 Å². The van der Waals surface area contributed by atoms with Crippen molar-refractivity contribution in [3.05, 3.63) is 65.7 Å². The average Bonchev–Trinajstić information content (AvgIpc) is 2.46. The number of hydrogen-bond donors (Lipinski definition) is 2. The summed E-state index contributed by atoms with van der Waals surface area (Å²) in [7, 11) is 0. The number of carbonyl (C=O) groups excluding carboxylic acids is 1. The second kappa shape index (κ2) is 6.68. The summed E-state index contributed by atoms with van der Waals surface area (Å²) in [4.78, 5) is 10.6. The van der Waals surface area contributed by atoms with E-state index in [0.29, 0.717) is 11.7 Å². The van der Waals surface area contributed by atoms with Crippen LogP contribution in [0.3, 0.4) is 0 Å². The van der Waals surface area contributed by atoms with Gasteiger partial charge in [-0.1, -0.05) is 42.5 Å². The fourth-order valence-corrected chi connectivity index (χ4v) is 1.83. The normalized spacial score (nSPS) is 9.80. The van der Waals surface area contributed by atoms with Gasteiger partial charge in [-0.05, 0) is 35.5 Å². The molecule has 0 atom stereocenters. The first kappa shape index (κ1) is 14.0. The van der Waals surface area contributed by atoms with Gasteiger partial charge < -0.3 is 20.5 Å². The van der Waals surface area contributed by atoms with Crippen molar-refractivity contribution in [3.8, 4) is 0 Å². The van der Waals surface area contributed by atoms with Crippen molar-refractivity contribution in [3.63, 3.8) is 0 Å². The van der Waals surface area contributed by atoms with Crippen molar-refractivity contribution in [1.29, 1.82) is 0 Å². The quantitative estimate of drug-likeness (QED) is 0.834. The fourth-order valence-electron chi connectivity index (χ4n) is 1.64. The zero-order chi connectivity index (χ0) is 14.4. The van der Waals surface area contributed by atoms with Crippen molar-refractivity contribution in [2.45, 2.75) is 6.54 Å². The van der Waals surface area contributed by atoms with Crippen molar-refractivity contribution < 1.29 is 9.90 Å². The van der Waals surface area contributed by atoms with Gasteiger partial charge in [-0.25, -0.2) is 0 Å². The Bertz CT molecular complexity index is 597. The van der Waals surface area contributed by atoms with Crippen molar-refractivity contribution in [2.75, 3.05) is 5.32 Å². The predicted molar refractivity (Wildman–Crippen MR) is 80.3 cm³/mol. The number of benzene rings is 2. The molecule has 2 N–H and O–H groups in total. The summed E-state index contributed by atoms with van der Waals surface area (Å²) < 4.78 is 0. The Morgan fingerprint density at radius 1 is 1.05 bits per heavy atom. The van der Waals surface area contributed by atoms with Crippen LogP contribution in [-0.4, -0.2) is 11.1 Å². The monoisotopic (exact) mass is 285 g/mol. The predicted octanol–water partition coefficient (Wildman–Crippen LogP) is 1.54. The van der Waals surface area contributed by atoms with Gasteiger partial charge in [0.15, 0.2) is 5.11 Å². The second-order valence-electron chi connectivity index (χ2n) is 4.16. The van der Waals surface area contributed by atoms with Crippen LogP contribution in [-0.2, 0) is 6.54 Å². The van der Waals surface area contributed by atoms with E-state index in [9.17, 15) is 9.90 Å². The van der Waals surface area contributed by atoms with Crippen molar-refractivity contribution in [1.82, 2.24) is 5.32 Å². The highest BCUT2D eigenvalue weighted by molar-refractivity contribution is 7.80. The molecule has 2 aromatic rings. The molecule has 0 radical (unpaired) electrons. The average molecular weight is 285 g/mol. The molecule has 0 aliphatic heterocycles. The maximum absolute atomic E-state index is 10.6. The van der Waals surface area contributed by atoms with E-state index in [0.717, 1.165) is 11.3 Å². The molecule has 0 amide bonds. The maximum Gasteiger partial charge on any atom is 0.171 e. The SMILES string of the molecule is O=C([O-])c1ccc(CNC(=S)Nc2ccccc2)cc1. The minimum absolute atomic E-state index is 0.165. The molecule has 0 aromatic heterocycles. The summed E-state index contributed by atoms with van der Waals surface area (Å²) in [5.74, 6) is -1.18. The third kappa shape index (κ3) is 4.07. The standard InChI is InChI=1S/C15H14N2O2S/c18-14(19)12-8-6-11(7-9-12)10-16-15(20)17-13-4-2-1-3-5-13/h1-9H,10H2,(H,18,19)(H2,16,17,20)/p-1. The molecule has 2 rings (SSSR count). The molecule has 0 unspecified atom stereocenters. The minimum Gasteiger partial charge on any atom is -0.545 e. The summed E-state index contributed by atoms with van der Waals surface area (Å²) >= 11 is 5.18. The Morgan fingerprint density at radius 2 is 1.70 bits per heavy atom.